The monoisotopic (exact) mass is 314 g/mol. The summed E-state index contributed by atoms with van der Waals surface area (Å²) in [4.78, 5) is 19.0. The van der Waals surface area contributed by atoms with Gasteiger partial charge in [-0.3, -0.25) is 4.90 Å². The molecule has 0 spiro atoms. The van der Waals surface area contributed by atoms with Crippen molar-refractivity contribution in [3.63, 3.8) is 0 Å². The normalized spacial score (nSPS) is 20.4. The lowest BCUT2D eigenvalue weighted by Gasteiger charge is -2.38. The summed E-state index contributed by atoms with van der Waals surface area (Å²) >= 11 is 0. The van der Waals surface area contributed by atoms with Crippen molar-refractivity contribution in [3.8, 4) is 0 Å². The minimum absolute atomic E-state index is 0.0553. The topological polar surface area (TPSA) is 38.8 Å². The van der Waals surface area contributed by atoms with Crippen LogP contribution in [0, 0.1) is 0 Å². The van der Waals surface area contributed by atoms with Crippen molar-refractivity contribution in [2.45, 2.75) is 19.5 Å². The van der Waals surface area contributed by atoms with Gasteiger partial charge in [0, 0.05) is 45.0 Å². The number of benzene rings is 1. The van der Waals surface area contributed by atoms with E-state index >= 15 is 0 Å². The van der Waals surface area contributed by atoms with Crippen molar-refractivity contribution in [3.05, 3.63) is 42.5 Å². The van der Waals surface area contributed by atoms with Gasteiger partial charge in [0.15, 0.2) is 0 Å². The van der Waals surface area contributed by atoms with E-state index in [0.717, 1.165) is 45.7 Å². The van der Waals surface area contributed by atoms with Gasteiger partial charge in [-0.25, -0.2) is 4.79 Å². The fourth-order valence-corrected chi connectivity index (χ4v) is 3.18. The quantitative estimate of drug-likeness (QED) is 0.869. The Morgan fingerprint density at radius 2 is 1.78 bits per heavy atom. The van der Waals surface area contributed by atoms with Crippen LogP contribution in [0.4, 0.5) is 10.5 Å². The Hall–Kier alpha value is -2.01. The zero-order valence-corrected chi connectivity index (χ0v) is 13.8. The molecule has 0 bridgehead atoms. The van der Waals surface area contributed by atoms with Gasteiger partial charge < -0.3 is 15.1 Å². The van der Waals surface area contributed by atoms with Crippen LogP contribution in [0.25, 0.3) is 0 Å². The number of rotatable bonds is 3. The molecular weight excluding hydrogens is 288 g/mol. The average molecular weight is 314 g/mol. The molecule has 2 aliphatic rings. The van der Waals surface area contributed by atoms with E-state index in [2.05, 4.69) is 58.5 Å². The first-order chi connectivity index (χ1) is 11.2. The third-order valence-electron chi connectivity index (χ3n) is 4.66. The summed E-state index contributed by atoms with van der Waals surface area (Å²) in [6.07, 6.45) is 5.52. The lowest BCUT2D eigenvalue weighted by molar-refractivity contribution is 0.158. The van der Waals surface area contributed by atoms with E-state index in [-0.39, 0.29) is 12.2 Å². The van der Waals surface area contributed by atoms with Gasteiger partial charge in [0.25, 0.3) is 0 Å². The molecule has 0 saturated carbocycles. The maximum Gasteiger partial charge on any atom is 0.318 e. The van der Waals surface area contributed by atoms with E-state index in [9.17, 15) is 4.79 Å². The highest BCUT2D eigenvalue weighted by Gasteiger charge is 2.23. The molecule has 5 heteroatoms. The number of nitrogens with zero attached hydrogens (tertiary/aromatic N) is 3. The summed E-state index contributed by atoms with van der Waals surface area (Å²) in [5.41, 5.74) is 1.24. The first-order valence-electron chi connectivity index (χ1n) is 8.48. The second kappa shape index (κ2) is 7.51. The fourth-order valence-electron chi connectivity index (χ4n) is 3.18. The van der Waals surface area contributed by atoms with Crippen molar-refractivity contribution in [2.75, 3.05) is 44.2 Å². The summed E-state index contributed by atoms with van der Waals surface area (Å²) in [5, 5.41) is 3.13. The van der Waals surface area contributed by atoms with Crippen LogP contribution >= 0.6 is 0 Å². The van der Waals surface area contributed by atoms with Crippen LogP contribution in [0.2, 0.25) is 0 Å². The number of nitrogens with one attached hydrogen (secondary N) is 1. The zero-order valence-electron chi connectivity index (χ0n) is 13.8. The molecule has 23 heavy (non-hydrogen) atoms. The Labute approximate surface area is 138 Å². The molecule has 1 aromatic carbocycles. The molecule has 0 aliphatic carbocycles. The molecule has 1 atom stereocenters. The molecular formula is C18H26N4O. The van der Waals surface area contributed by atoms with Gasteiger partial charge >= 0.3 is 6.03 Å². The Kier molecular flexibility index (Phi) is 5.18. The zero-order chi connectivity index (χ0) is 16.1. The van der Waals surface area contributed by atoms with Gasteiger partial charge in [-0.05, 0) is 25.5 Å². The van der Waals surface area contributed by atoms with Crippen molar-refractivity contribution >= 4 is 11.7 Å². The van der Waals surface area contributed by atoms with Gasteiger partial charge in [-0.15, -0.1) is 0 Å². The minimum atomic E-state index is 0.0553. The van der Waals surface area contributed by atoms with E-state index in [4.69, 9.17) is 0 Å². The van der Waals surface area contributed by atoms with Gasteiger partial charge in [0.1, 0.15) is 0 Å². The number of amides is 2. The standard InChI is InChI=1S/C18H26N4O/c1-16(20-10-6-3-7-11-20)19-18(23)22-14-12-21(13-15-22)17-8-4-2-5-9-17/h2-6,8-9,16H,7,10-15H2,1H3,(H,19,23). The van der Waals surface area contributed by atoms with E-state index in [1.54, 1.807) is 0 Å². The molecule has 3 rings (SSSR count). The number of urea groups is 1. The van der Waals surface area contributed by atoms with Crippen LogP contribution < -0.4 is 10.2 Å². The number of hydrogen-bond acceptors (Lipinski definition) is 3. The predicted molar refractivity (Wildman–Crippen MR) is 93.6 cm³/mol. The van der Waals surface area contributed by atoms with Crippen molar-refractivity contribution < 1.29 is 4.79 Å². The smallest absolute Gasteiger partial charge is 0.318 e. The third kappa shape index (κ3) is 4.05. The molecule has 1 aromatic rings. The van der Waals surface area contributed by atoms with Gasteiger partial charge in [-0.2, -0.15) is 0 Å². The largest absolute Gasteiger partial charge is 0.368 e. The Bertz CT molecular complexity index is 537. The van der Waals surface area contributed by atoms with Crippen molar-refractivity contribution in [2.24, 2.45) is 0 Å². The van der Waals surface area contributed by atoms with Gasteiger partial charge in [0.2, 0.25) is 0 Å². The Morgan fingerprint density at radius 1 is 1.04 bits per heavy atom. The summed E-state index contributed by atoms with van der Waals surface area (Å²) < 4.78 is 0. The lowest BCUT2D eigenvalue weighted by atomic mass is 10.2. The molecule has 1 fully saturated rings. The molecule has 2 amide bonds. The fraction of sp³-hybridized carbons (Fsp3) is 0.500. The first kappa shape index (κ1) is 15.9. The second-order valence-electron chi connectivity index (χ2n) is 6.19. The number of para-hydroxylation sites is 1. The highest BCUT2D eigenvalue weighted by molar-refractivity contribution is 5.74. The maximum absolute atomic E-state index is 12.4. The number of hydrogen-bond donors (Lipinski definition) is 1. The molecule has 2 aliphatic heterocycles. The first-order valence-corrected chi connectivity index (χ1v) is 8.48. The van der Waals surface area contributed by atoms with E-state index in [0.29, 0.717) is 0 Å². The number of carbonyl (C=O) groups is 1. The molecule has 0 radical (unpaired) electrons. The summed E-state index contributed by atoms with van der Waals surface area (Å²) in [7, 11) is 0. The summed E-state index contributed by atoms with van der Waals surface area (Å²) in [6, 6.07) is 10.5. The lowest BCUT2D eigenvalue weighted by Crippen LogP contribution is -2.56. The molecule has 0 aromatic heterocycles. The number of anilines is 1. The van der Waals surface area contributed by atoms with Crippen LogP contribution in [-0.2, 0) is 0 Å². The number of carbonyl (C=O) groups excluding carboxylic acids is 1. The summed E-state index contributed by atoms with van der Waals surface area (Å²) in [6.45, 7) is 7.32. The molecule has 1 N–H and O–H groups in total. The SMILES string of the molecule is CC(NC(=O)N1CCN(c2ccccc2)CC1)N1CC=CCC1. The molecule has 5 nitrogen and oxygen atoms in total. The molecule has 124 valence electrons. The van der Waals surface area contributed by atoms with Gasteiger partial charge in [-0.1, -0.05) is 30.4 Å². The van der Waals surface area contributed by atoms with Crippen molar-refractivity contribution in [1.82, 2.24) is 15.1 Å². The molecule has 1 saturated heterocycles. The van der Waals surface area contributed by atoms with Crippen molar-refractivity contribution in [1.29, 1.82) is 0 Å². The van der Waals surface area contributed by atoms with Crippen LogP contribution in [0.5, 0.6) is 0 Å². The molecule has 1 unspecified atom stereocenters. The number of piperazine rings is 1. The maximum atomic E-state index is 12.4. The van der Waals surface area contributed by atoms with E-state index < -0.39 is 0 Å². The second-order valence-corrected chi connectivity index (χ2v) is 6.19. The Balaban J connectivity index is 1.47. The summed E-state index contributed by atoms with van der Waals surface area (Å²) in [5.74, 6) is 0. The minimum Gasteiger partial charge on any atom is -0.368 e. The highest BCUT2D eigenvalue weighted by Crippen LogP contribution is 2.15. The van der Waals surface area contributed by atoms with E-state index in [1.165, 1.54) is 5.69 Å². The van der Waals surface area contributed by atoms with Gasteiger partial charge in [0.05, 0.1) is 6.17 Å². The van der Waals surface area contributed by atoms with Crippen LogP contribution in [0.1, 0.15) is 13.3 Å². The average Bonchev–Trinajstić information content (AvgIpc) is 2.63. The third-order valence-corrected chi connectivity index (χ3v) is 4.66. The van der Waals surface area contributed by atoms with Crippen LogP contribution in [-0.4, -0.2) is 61.3 Å². The Morgan fingerprint density at radius 3 is 2.43 bits per heavy atom. The highest BCUT2D eigenvalue weighted by atomic mass is 16.2. The van der Waals surface area contributed by atoms with Crippen LogP contribution in [0.3, 0.4) is 0 Å². The predicted octanol–water partition coefficient (Wildman–Crippen LogP) is 2.13. The van der Waals surface area contributed by atoms with E-state index in [1.807, 2.05) is 11.0 Å². The molecule has 2 heterocycles. The van der Waals surface area contributed by atoms with Crippen LogP contribution in [0.15, 0.2) is 42.5 Å².